The minimum absolute atomic E-state index is 0.155. The van der Waals surface area contributed by atoms with Gasteiger partial charge in [0.05, 0.1) is 19.2 Å². The maximum Gasteiger partial charge on any atom is 0.268 e. The Labute approximate surface area is 78.2 Å². The minimum Gasteiger partial charge on any atom is -0.627 e. The normalized spacial score (nSPS) is 14.2. The van der Waals surface area contributed by atoms with Crippen LogP contribution >= 0.6 is 7.94 Å². The first-order valence-corrected chi connectivity index (χ1v) is 5.48. The van der Waals surface area contributed by atoms with Crippen molar-refractivity contribution in [1.82, 2.24) is 0 Å². The zero-order valence-electron chi connectivity index (χ0n) is 7.94. The third-order valence-electron chi connectivity index (χ3n) is 1.32. The molecule has 0 aromatic carbocycles. The fourth-order valence-corrected chi connectivity index (χ4v) is 2.06. The van der Waals surface area contributed by atoms with Gasteiger partial charge in [0.2, 0.25) is 0 Å². The minimum atomic E-state index is -3.55. The van der Waals surface area contributed by atoms with Crippen LogP contribution in [0.15, 0.2) is 11.3 Å². The summed E-state index contributed by atoms with van der Waals surface area (Å²) in [7, 11) is -3.55. The monoisotopic (exact) mass is 209 g/mol. The van der Waals surface area contributed by atoms with Crippen LogP contribution in [0.2, 0.25) is 0 Å². The molecule has 6 heteroatoms. The molecule has 0 radical (unpaired) electrons. The van der Waals surface area contributed by atoms with E-state index in [0.29, 0.717) is 0 Å². The Kier molecular flexibility index (Phi) is 5.25. The number of rotatable bonds is 5. The van der Waals surface area contributed by atoms with Crippen molar-refractivity contribution in [2.75, 3.05) is 13.2 Å². The first-order valence-electron chi connectivity index (χ1n) is 3.94. The molecule has 0 saturated heterocycles. The predicted molar refractivity (Wildman–Crippen MR) is 45.5 cm³/mol. The molecule has 5 nitrogen and oxygen atoms in total. The van der Waals surface area contributed by atoms with Crippen molar-refractivity contribution in [1.29, 1.82) is 0 Å². The summed E-state index contributed by atoms with van der Waals surface area (Å²) in [5.41, 5.74) is 0. The molecule has 0 aliphatic rings. The van der Waals surface area contributed by atoms with Crippen molar-refractivity contribution in [2.24, 2.45) is 0 Å². The Morgan fingerprint density at radius 3 is 1.92 bits per heavy atom. The van der Waals surface area contributed by atoms with E-state index in [2.05, 4.69) is 0 Å². The number of hydrogen-bond acceptors (Lipinski definition) is 5. The molecule has 0 fully saturated rings. The van der Waals surface area contributed by atoms with Crippen LogP contribution in [0.25, 0.3) is 0 Å². The van der Waals surface area contributed by atoms with E-state index in [1.165, 1.54) is 6.92 Å². The molecule has 0 unspecified atom stereocenters. The largest absolute Gasteiger partial charge is 0.627 e. The van der Waals surface area contributed by atoms with Gasteiger partial charge < -0.3 is 15.1 Å². The van der Waals surface area contributed by atoms with Crippen LogP contribution in [0.4, 0.5) is 0 Å². The van der Waals surface area contributed by atoms with Crippen molar-refractivity contribution in [3.8, 4) is 0 Å². The molecule has 0 heterocycles. The van der Waals surface area contributed by atoms with E-state index in [0.717, 1.165) is 0 Å². The maximum absolute atomic E-state index is 11.7. The number of allylic oxidation sites excluding steroid dienone is 1. The van der Waals surface area contributed by atoms with Gasteiger partial charge in [0, 0.05) is 6.92 Å². The predicted octanol–water partition coefficient (Wildman–Crippen LogP) is 0.290. The van der Waals surface area contributed by atoms with E-state index < -0.39 is 13.9 Å². The van der Waals surface area contributed by atoms with E-state index in [9.17, 15) is 10.00 Å². The van der Waals surface area contributed by atoms with Crippen molar-refractivity contribution < 1.29 is 24.2 Å². The van der Waals surface area contributed by atoms with E-state index in [1.807, 2.05) is 0 Å². The van der Waals surface area contributed by atoms with Gasteiger partial charge in [0.25, 0.3) is 7.94 Å². The average Bonchev–Trinajstić information content (AvgIpc) is 2.03. The third-order valence-corrected chi connectivity index (χ3v) is 3.53. The van der Waals surface area contributed by atoms with Gasteiger partial charge in [-0.2, -0.15) is 0 Å². The molecular weight excluding hydrogens is 195 g/mol. The Hall–Kier alpha value is -0.350. The van der Waals surface area contributed by atoms with Crippen molar-refractivity contribution in [3.63, 3.8) is 0 Å². The van der Waals surface area contributed by atoms with Crippen LogP contribution in [0.3, 0.4) is 0 Å². The molecule has 0 aromatic rings. The lowest BCUT2D eigenvalue weighted by Gasteiger charge is -2.27. The molecule has 0 aromatic heterocycles. The highest BCUT2D eigenvalue weighted by atomic mass is 31.2. The molecule has 78 valence electrons. The summed E-state index contributed by atoms with van der Waals surface area (Å²) in [5, 5.41) is 18.8. The summed E-state index contributed by atoms with van der Waals surface area (Å²) < 4.78 is 9.62. The zero-order valence-corrected chi connectivity index (χ0v) is 8.84. The third kappa shape index (κ3) is 3.48. The van der Waals surface area contributed by atoms with Crippen molar-refractivity contribution in [3.05, 3.63) is 11.3 Å². The molecule has 0 bridgehead atoms. The Bertz CT molecular complexity index is 181. The summed E-state index contributed by atoms with van der Waals surface area (Å²) in [5.74, 6) is -1.26. The van der Waals surface area contributed by atoms with Gasteiger partial charge in [-0.05, 0) is 13.8 Å². The summed E-state index contributed by atoms with van der Waals surface area (Å²) in [6.45, 7) is 4.79. The average molecular weight is 209 g/mol. The quantitative estimate of drug-likeness (QED) is 0.519. The number of aliphatic hydroxyl groups is 1. The van der Waals surface area contributed by atoms with Crippen LogP contribution in [0, 0.1) is 0 Å². The molecule has 0 spiro atoms. The summed E-state index contributed by atoms with van der Waals surface area (Å²) in [6, 6.07) is 0. The van der Waals surface area contributed by atoms with Gasteiger partial charge in [0.15, 0.2) is 0 Å². The summed E-state index contributed by atoms with van der Waals surface area (Å²) in [4.78, 5) is 11.7. The van der Waals surface area contributed by atoms with Crippen molar-refractivity contribution in [2.45, 2.75) is 20.8 Å². The van der Waals surface area contributed by atoms with Crippen molar-refractivity contribution >= 4 is 7.94 Å². The Morgan fingerprint density at radius 1 is 1.31 bits per heavy atom. The van der Waals surface area contributed by atoms with E-state index >= 15 is 0 Å². The second-order valence-electron chi connectivity index (χ2n) is 2.22. The Balaban J connectivity index is 4.67. The SMILES string of the molecule is CCO[P+]([O-])(OCC)C(C)=C([O-])O. The topological polar surface area (TPSA) is 84.8 Å². The van der Waals surface area contributed by atoms with Gasteiger partial charge in [-0.25, -0.2) is 9.05 Å². The van der Waals surface area contributed by atoms with Gasteiger partial charge in [-0.15, -0.1) is 0 Å². The molecule has 0 atom stereocenters. The second kappa shape index (κ2) is 5.40. The zero-order chi connectivity index (χ0) is 10.5. The van der Waals surface area contributed by atoms with E-state index in [1.54, 1.807) is 13.8 Å². The summed E-state index contributed by atoms with van der Waals surface area (Å²) in [6.07, 6.45) is 0. The lowest BCUT2D eigenvalue weighted by molar-refractivity contribution is -0.350. The van der Waals surface area contributed by atoms with E-state index in [4.69, 9.17) is 14.2 Å². The van der Waals surface area contributed by atoms with Gasteiger partial charge in [0.1, 0.15) is 5.31 Å². The molecule has 0 aliphatic carbocycles. The molecule has 13 heavy (non-hydrogen) atoms. The van der Waals surface area contributed by atoms with Crippen LogP contribution < -0.4 is 10.00 Å². The second-order valence-corrected chi connectivity index (χ2v) is 4.41. The van der Waals surface area contributed by atoms with Crippen LogP contribution in [0.1, 0.15) is 20.8 Å². The standard InChI is InChI=1S/C7H15O5P/c1-4-11-13(10,12-5-2)6(3)7(8)9/h8-9H,4-5H2,1-3H3/p-1. The fourth-order valence-electron chi connectivity index (χ4n) is 0.688. The van der Waals surface area contributed by atoms with Crippen LogP contribution in [-0.4, -0.2) is 18.3 Å². The molecule has 0 amide bonds. The molecule has 0 saturated carbocycles. The number of aliphatic hydroxyl groups excluding tert-OH is 1. The maximum atomic E-state index is 11.7. The van der Waals surface area contributed by atoms with Crippen LogP contribution in [0.5, 0.6) is 0 Å². The highest BCUT2D eigenvalue weighted by Gasteiger charge is 2.33. The highest BCUT2D eigenvalue weighted by Crippen LogP contribution is 2.59. The Morgan fingerprint density at radius 2 is 1.69 bits per heavy atom. The van der Waals surface area contributed by atoms with Gasteiger partial charge >= 0.3 is 0 Å². The molecule has 1 N–H and O–H groups in total. The fraction of sp³-hybridized carbons (Fsp3) is 0.714. The summed E-state index contributed by atoms with van der Waals surface area (Å²) >= 11 is 0. The number of hydrogen-bond donors (Lipinski definition) is 1. The van der Waals surface area contributed by atoms with Crippen LogP contribution in [-0.2, 0) is 9.05 Å². The molecule has 0 rings (SSSR count). The lowest BCUT2D eigenvalue weighted by atomic mass is 10.7. The molecule has 0 aliphatic heterocycles. The first-order chi connectivity index (χ1) is 5.98. The van der Waals surface area contributed by atoms with Gasteiger partial charge in [-0.3, -0.25) is 0 Å². The lowest BCUT2D eigenvalue weighted by Crippen LogP contribution is -2.20. The highest BCUT2D eigenvalue weighted by molar-refractivity contribution is 7.63. The first kappa shape index (κ1) is 12.7. The smallest absolute Gasteiger partial charge is 0.268 e. The molecular formula is C7H14O5P-. The van der Waals surface area contributed by atoms with E-state index in [-0.39, 0.29) is 18.5 Å². The van der Waals surface area contributed by atoms with Gasteiger partial charge in [-0.1, -0.05) is 0 Å².